The van der Waals surface area contributed by atoms with Gasteiger partial charge in [-0.3, -0.25) is 10.1 Å². The Kier molecular flexibility index (Phi) is 5.97. The quantitative estimate of drug-likeness (QED) is 0.266. The maximum absolute atomic E-state index is 11.8. The van der Waals surface area contributed by atoms with Gasteiger partial charge in [0.2, 0.25) is 0 Å². The predicted molar refractivity (Wildman–Crippen MR) is 97.2 cm³/mol. The molecule has 7 nitrogen and oxygen atoms in total. The number of carbonyl (C=O) groups excluding carboxylic acids is 1. The number of nitrogens with one attached hydrogen (secondary N) is 1. The Balaban J connectivity index is 2.39. The second kappa shape index (κ2) is 8.16. The summed E-state index contributed by atoms with van der Waals surface area (Å²) in [6, 6.07) is 10.6. The molecule has 2 aromatic rings. The van der Waals surface area contributed by atoms with Crippen molar-refractivity contribution in [1.82, 2.24) is 0 Å². The van der Waals surface area contributed by atoms with Crippen molar-refractivity contribution in [2.75, 3.05) is 17.7 Å². The van der Waals surface area contributed by atoms with Gasteiger partial charge < -0.3 is 15.8 Å². The molecule has 0 aliphatic carbocycles. The lowest BCUT2D eigenvalue weighted by Gasteiger charge is -2.13. The van der Waals surface area contributed by atoms with E-state index in [0.29, 0.717) is 27.7 Å². The van der Waals surface area contributed by atoms with E-state index >= 15 is 0 Å². The average molecular weight is 362 g/mol. The van der Waals surface area contributed by atoms with Crippen LogP contribution in [0.2, 0.25) is 5.02 Å². The topological polar surface area (TPSA) is 107 Å². The summed E-state index contributed by atoms with van der Waals surface area (Å²) in [4.78, 5) is 22.1. The number of halogens is 1. The minimum absolute atomic E-state index is 0.0507. The number of nitrogens with zero attached hydrogens (tertiary/aromatic N) is 1. The van der Waals surface area contributed by atoms with E-state index in [0.717, 1.165) is 0 Å². The first-order chi connectivity index (χ1) is 11.9. The fourth-order valence-corrected chi connectivity index (χ4v) is 2.23. The molecule has 0 amide bonds. The molecular weight excluding hydrogens is 346 g/mol. The molecule has 2 rings (SSSR count). The van der Waals surface area contributed by atoms with Crippen LogP contribution in [0, 0.1) is 10.1 Å². The number of non-ortho nitro benzene ring substituents is 1. The summed E-state index contributed by atoms with van der Waals surface area (Å²) < 4.78 is 4.93. The second-order valence-corrected chi connectivity index (χ2v) is 5.41. The molecule has 0 atom stereocenters. The van der Waals surface area contributed by atoms with Crippen molar-refractivity contribution in [3.63, 3.8) is 0 Å². The Morgan fingerprint density at radius 2 is 2.00 bits per heavy atom. The molecule has 0 bridgehead atoms. The van der Waals surface area contributed by atoms with Crippen molar-refractivity contribution < 1.29 is 14.5 Å². The van der Waals surface area contributed by atoms with Gasteiger partial charge in [0.05, 0.1) is 28.6 Å². The summed E-state index contributed by atoms with van der Waals surface area (Å²) in [5.74, 6) is -0.545. The SMILES string of the molecule is CCOC(=O)/C=C(/Nc1ccc(Cl)cc1N)c1ccc([N+](=O)[O-])cc1. The summed E-state index contributed by atoms with van der Waals surface area (Å²) in [5, 5.41) is 14.3. The van der Waals surface area contributed by atoms with Gasteiger partial charge in [-0.2, -0.15) is 0 Å². The van der Waals surface area contributed by atoms with E-state index in [9.17, 15) is 14.9 Å². The lowest BCUT2D eigenvalue weighted by atomic mass is 10.1. The van der Waals surface area contributed by atoms with Crippen LogP contribution < -0.4 is 11.1 Å². The van der Waals surface area contributed by atoms with Gasteiger partial charge >= 0.3 is 5.97 Å². The van der Waals surface area contributed by atoms with Crippen molar-refractivity contribution in [3.05, 3.63) is 69.2 Å². The maximum atomic E-state index is 11.8. The number of anilines is 2. The number of esters is 1. The maximum Gasteiger partial charge on any atom is 0.332 e. The summed E-state index contributed by atoms with van der Waals surface area (Å²) in [5.41, 5.74) is 7.76. The highest BCUT2D eigenvalue weighted by Gasteiger charge is 2.11. The first kappa shape index (κ1) is 18.3. The molecule has 25 heavy (non-hydrogen) atoms. The first-order valence-corrected chi connectivity index (χ1v) is 7.74. The van der Waals surface area contributed by atoms with E-state index in [2.05, 4.69) is 5.32 Å². The third-order valence-electron chi connectivity index (χ3n) is 3.22. The molecule has 3 N–H and O–H groups in total. The highest BCUT2D eigenvalue weighted by molar-refractivity contribution is 6.31. The van der Waals surface area contributed by atoms with Gasteiger partial charge in [-0.25, -0.2) is 4.79 Å². The Morgan fingerprint density at radius 1 is 1.32 bits per heavy atom. The summed E-state index contributed by atoms with van der Waals surface area (Å²) in [6.45, 7) is 1.92. The van der Waals surface area contributed by atoms with E-state index in [-0.39, 0.29) is 12.3 Å². The Bertz CT molecular complexity index is 819. The molecule has 0 radical (unpaired) electrons. The van der Waals surface area contributed by atoms with Crippen LogP contribution in [0.15, 0.2) is 48.5 Å². The molecule has 0 unspecified atom stereocenters. The molecule has 8 heteroatoms. The molecule has 2 aromatic carbocycles. The van der Waals surface area contributed by atoms with Crippen LogP contribution in [0.5, 0.6) is 0 Å². The van der Waals surface area contributed by atoms with Gasteiger partial charge in [-0.05, 0) is 42.8 Å². The van der Waals surface area contributed by atoms with Crippen molar-refractivity contribution in [2.45, 2.75) is 6.92 Å². The van der Waals surface area contributed by atoms with Gasteiger partial charge in [-0.15, -0.1) is 0 Å². The first-order valence-electron chi connectivity index (χ1n) is 7.36. The van der Waals surface area contributed by atoms with Crippen LogP contribution in [-0.4, -0.2) is 17.5 Å². The van der Waals surface area contributed by atoms with Gasteiger partial charge in [0.25, 0.3) is 5.69 Å². The third kappa shape index (κ3) is 4.95. The van der Waals surface area contributed by atoms with Crippen molar-refractivity contribution in [3.8, 4) is 0 Å². The van der Waals surface area contributed by atoms with Crippen LogP contribution in [0.1, 0.15) is 12.5 Å². The molecule has 0 heterocycles. The van der Waals surface area contributed by atoms with Crippen LogP contribution in [-0.2, 0) is 9.53 Å². The van der Waals surface area contributed by atoms with E-state index in [1.165, 1.54) is 30.3 Å². The van der Waals surface area contributed by atoms with E-state index in [1.807, 2.05) is 0 Å². The molecule has 130 valence electrons. The van der Waals surface area contributed by atoms with Crippen molar-refractivity contribution in [1.29, 1.82) is 0 Å². The highest BCUT2D eigenvalue weighted by atomic mass is 35.5. The number of benzene rings is 2. The highest BCUT2D eigenvalue weighted by Crippen LogP contribution is 2.27. The Labute approximate surface area is 149 Å². The van der Waals surface area contributed by atoms with Gasteiger partial charge in [-0.1, -0.05) is 11.6 Å². The smallest absolute Gasteiger partial charge is 0.332 e. The number of ether oxygens (including phenoxy) is 1. The number of hydrogen-bond donors (Lipinski definition) is 2. The van der Waals surface area contributed by atoms with Crippen molar-refractivity contribution in [2.24, 2.45) is 0 Å². The molecule has 0 fully saturated rings. The average Bonchev–Trinajstić information content (AvgIpc) is 2.57. The molecule has 0 aliphatic heterocycles. The molecule has 0 saturated carbocycles. The number of nitro groups is 1. The lowest BCUT2D eigenvalue weighted by molar-refractivity contribution is -0.384. The zero-order valence-corrected chi connectivity index (χ0v) is 14.1. The Hall–Kier alpha value is -3.06. The molecule has 0 saturated heterocycles. The predicted octanol–water partition coefficient (Wildman–Crippen LogP) is 3.85. The fraction of sp³-hybridized carbons (Fsp3) is 0.118. The summed E-state index contributed by atoms with van der Waals surface area (Å²) >= 11 is 5.88. The van der Waals surface area contributed by atoms with Crippen LogP contribution in [0.3, 0.4) is 0 Å². The monoisotopic (exact) mass is 361 g/mol. The normalized spacial score (nSPS) is 11.0. The van der Waals surface area contributed by atoms with Crippen LogP contribution in [0.25, 0.3) is 5.70 Å². The zero-order chi connectivity index (χ0) is 18.4. The lowest BCUT2D eigenvalue weighted by Crippen LogP contribution is -2.07. The number of nitrogen functional groups attached to an aromatic ring is 1. The minimum atomic E-state index is -0.545. The second-order valence-electron chi connectivity index (χ2n) is 4.97. The summed E-state index contributed by atoms with van der Waals surface area (Å²) in [6.07, 6.45) is 1.26. The van der Waals surface area contributed by atoms with Gasteiger partial charge in [0, 0.05) is 23.2 Å². The molecule has 0 aromatic heterocycles. The molecular formula is C17H16ClN3O4. The molecule has 0 spiro atoms. The van der Waals surface area contributed by atoms with Crippen LogP contribution in [0.4, 0.5) is 17.1 Å². The van der Waals surface area contributed by atoms with Crippen LogP contribution >= 0.6 is 11.6 Å². The summed E-state index contributed by atoms with van der Waals surface area (Å²) in [7, 11) is 0. The largest absolute Gasteiger partial charge is 0.463 e. The number of hydrogen-bond acceptors (Lipinski definition) is 6. The van der Waals surface area contributed by atoms with E-state index in [4.69, 9.17) is 22.1 Å². The van der Waals surface area contributed by atoms with E-state index < -0.39 is 10.9 Å². The number of nitro benzene ring substituents is 1. The van der Waals surface area contributed by atoms with Crippen molar-refractivity contribution >= 4 is 40.3 Å². The van der Waals surface area contributed by atoms with Gasteiger partial charge in [0.1, 0.15) is 0 Å². The number of nitrogens with two attached hydrogens (primary N) is 1. The minimum Gasteiger partial charge on any atom is -0.463 e. The van der Waals surface area contributed by atoms with E-state index in [1.54, 1.807) is 25.1 Å². The fourth-order valence-electron chi connectivity index (χ4n) is 2.05. The standard InChI is InChI=1S/C17H16ClN3O4/c1-2-25-17(22)10-16(11-3-6-13(7-4-11)21(23)24)20-15-8-5-12(18)9-14(15)19/h3-10,20H,2,19H2,1H3/b16-10+. The third-order valence-corrected chi connectivity index (χ3v) is 3.46. The number of rotatable bonds is 6. The number of carbonyl (C=O) groups is 1. The Morgan fingerprint density at radius 3 is 2.56 bits per heavy atom. The van der Waals surface area contributed by atoms with Gasteiger partial charge in [0.15, 0.2) is 0 Å². The molecule has 0 aliphatic rings. The zero-order valence-electron chi connectivity index (χ0n) is 13.4.